The van der Waals surface area contributed by atoms with Crippen molar-refractivity contribution in [2.75, 3.05) is 76.3 Å². The summed E-state index contributed by atoms with van der Waals surface area (Å²) >= 11 is 14.2. The molecule has 31 heteroatoms. The van der Waals surface area contributed by atoms with Crippen molar-refractivity contribution < 1.29 is 70.5 Å². The highest BCUT2D eigenvalue weighted by atomic mass is 35.5. The Morgan fingerprint density at radius 3 is 1.43 bits per heavy atom. The minimum Gasteiger partial charge on any atom is -0.477 e. The lowest BCUT2D eigenvalue weighted by Crippen LogP contribution is -2.44. The van der Waals surface area contributed by atoms with Crippen molar-refractivity contribution in [3.63, 3.8) is 0 Å². The normalized spacial score (nSPS) is 18.1. The van der Waals surface area contributed by atoms with E-state index < -0.39 is 97.1 Å². The minimum absolute atomic E-state index is 0.0978. The molecule has 4 fully saturated rings. The Bertz CT molecular complexity index is 4130. The molecule has 7 amide bonds. The van der Waals surface area contributed by atoms with Crippen LogP contribution in [0.4, 0.5) is 28.9 Å². The van der Waals surface area contributed by atoms with E-state index in [1.165, 1.54) is 47.1 Å². The highest BCUT2D eigenvalue weighted by Gasteiger charge is 2.42. The second kappa shape index (κ2) is 28.5. The summed E-state index contributed by atoms with van der Waals surface area (Å²) in [6, 6.07) is 22.3. The first-order chi connectivity index (χ1) is 43.7. The molecule has 4 aliphatic rings. The Morgan fingerprint density at radius 1 is 0.604 bits per heavy atom. The molecular formula is C60H56Cl2F4N12O11S2. The molecule has 0 unspecified atom stereocenters. The maximum atomic E-state index is 15.5. The van der Waals surface area contributed by atoms with Crippen molar-refractivity contribution in [3.05, 3.63) is 140 Å². The Hall–Kier alpha value is -8.84. The number of aromatic carboxylic acids is 1. The number of carbonyl (C=O) groups is 8. The maximum Gasteiger partial charge on any atom is 0.345 e. The third kappa shape index (κ3) is 14.5. The summed E-state index contributed by atoms with van der Waals surface area (Å²) in [5.74, 6) is -7.67. The highest BCUT2D eigenvalue weighted by Crippen LogP contribution is 2.37. The molecule has 4 atom stereocenters. The molecule has 23 nitrogen and oxygen atoms in total. The number of hydrogen-bond donors (Lipinski definition) is 6. The Balaban J connectivity index is 0.000000184. The fraction of sp³-hybridized carbons (Fsp3) is 0.300. The van der Waals surface area contributed by atoms with Crippen LogP contribution in [0.2, 0.25) is 10.0 Å². The number of fused-ring (bicyclic) bond motifs is 2. The number of likely N-dealkylation sites (tertiary alicyclic amines) is 2. The van der Waals surface area contributed by atoms with Gasteiger partial charge in [0.2, 0.25) is 23.6 Å². The van der Waals surface area contributed by atoms with Gasteiger partial charge in [-0.1, -0.05) is 83.9 Å². The number of nitrogens with two attached hydrogens (primary N) is 2. The average Bonchev–Trinajstić information content (AvgIpc) is 1.68. The Labute approximate surface area is 532 Å². The molecule has 8 aromatic rings. The number of nitrogens with one attached hydrogen (secondary N) is 3. The van der Waals surface area contributed by atoms with Gasteiger partial charge in [-0.3, -0.25) is 42.9 Å². The zero-order valence-corrected chi connectivity index (χ0v) is 51.0. The predicted octanol–water partition coefficient (Wildman–Crippen LogP) is 7.24. The molecule has 4 aromatic heterocycles. The molecule has 4 saturated heterocycles. The van der Waals surface area contributed by atoms with E-state index in [-0.39, 0.29) is 74.3 Å². The fourth-order valence-electron chi connectivity index (χ4n) is 10.7. The van der Waals surface area contributed by atoms with Crippen molar-refractivity contribution in [2.24, 2.45) is 11.5 Å². The van der Waals surface area contributed by atoms with Gasteiger partial charge >= 0.3 is 5.97 Å². The van der Waals surface area contributed by atoms with E-state index in [2.05, 4.69) is 26.1 Å². The summed E-state index contributed by atoms with van der Waals surface area (Å²) in [6.07, 6.45) is -3.62. The topological polar surface area (TPSA) is 309 Å². The number of halogens is 6. The summed E-state index contributed by atoms with van der Waals surface area (Å²) in [5.41, 5.74) is 11.9. The largest absolute Gasteiger partial charge is 0.477 e. The van der Waals surface area contributed by atoms with Crippen molar-refractivity contribution in [1.82, 2.24) is 39.6 Å². The van der Waals surface area contributed by atoms with Crippen molar-refractivity contribution in [3.8, 4) is 22.3 Å². The van der Waals surface area contributed by atoms with Crippen molar-refractivity contribution >= 4 is 125 Å². The Morgan fingerprint density at radius 2 is 1.02 bits per heavy atom. The summed E-state index contributed by atoms with van der Waals surface area (Å²) in [4.78, 5) is 106. The van der Waals surface area contributed by atoms with E-state index in [0.717, 1.165) is 63.5 Å². The second-order valence-corrected chi connectivity index (χ2v) is 23.9. The molecule has 0 spiro atoms. The number of thiophene rings is 2. The first-order valence-corrected chi connectivity index (χ1v) is 30.6. The predicted molar refractivity (Wildman–Crippen MR) is 331 cm³/mol. The number of rotatable bonds is 14. The van der Waals surface area contributed by atoms with E-state index in [1.807, 2.05) is 0 Å². The van der Waals surface area contributed by atoms with Gasteiger partial charge in [-0.15, -0.1) is 22.7 Å². The van der Waals surface area contributed by atoms with Gasteiger partial charge in [-0.25, -0.2) is 22.4 Å². The molecule has 8 heterocycles. The van der Waals surface area contributed by atoms with Crippen LogP contribution in [0.15, 0.2) is 97.1 Å². The number of benzene rings is 4. The fourth-order valence-corrected chi connectivity index (χ4v) is 13.2. The van der Waals surface area contributed by atoms with Crippen LogP contribution >= 0.6 is 45.9 Å². The standard InChI is InChI=1S/C30H27ClF2N6O5S.C26H20ClF2N5O5S.C4H9NO/c31-19-6-2-1-4-17(19)18-5-3-7-20(25(18)33)35-29(42)22-12-16(32)14-38(22)24(40)15-39-21-13-23(30(43)37-8-10-44-11-9-37)45-27(21)26(36-39)28(34)41;27-15-6-2-1-4-13(15)14-5-3-7-16(21(14)29)31-25(37)18-8-12(28)10-33(18)20(35)11-34-17-9-19(26(38)39)40-23(17)22(32-34)24(30)36;1-3-6-4-2-5-1/h1-7,13,16,22H,8-12,14-15H2,(H2,34,41)(H,35,42);1-7,9,12,18H,8,10-11H2,(H2,30,36)(H,31,37)(H,38,39);5H,1-4H2/t16-,22+;12-,18+;/m11./s1. The molecule has 0 aliphatic carbocycles. The number of alkyl halides is 2. The number of anilines is 2. The third-order valence-corrected chi connectivity index (χ3v) is 17.9. The number of primary amides is 2. The SMILES string of the molecule is C1COCCN1.NC(=O)c1nn(CC(=O)N2C[C@H](F)C[C@H]2C(=O)Nc2cccc(-c3ccccc3Cl)c2F)c2cc(C(=O)N3CCOCC3)sc12.NC(=O)c1nn(CC(=O)N2C[C@H](F)C[C@H]2C(=O)Nc2cccc(-c3ccccc3Cl)c2F)c2cc(C(=O)O)sc12. The van der Waals surface area contributed by atoms with E-state index in [9.17, 15) is 52.2 Å². The van der Waals surface area contributed by atoms with Gasteiger partial charge in [0.05, 0.1) is 76.2 Å². The number of morpholine rings is 2. The van der Waals surface area contributed by atoms with Gasteiger partial charge in [0, 0.05) is 71.3 Å². The van der Waals surface area contributed by atoms with Crippen LogP contribution < -0.4 is 27.4 Å². The van der Waals surface area contributed by atoms with E-state index in [0.29, 0.717) is 62.6 Å². The molecular weight excluding hydrogens is 1280 g/mol. The number of carbonyl (C=O) groups excluding carboxylic acids is 7. The lowest BCUT2D eigenvalue weighted by atomic mass is 10.0. The summed E-state index contributed by atoms with van der Waals surface area (Å²) in [7, 11) is 0. The smallest absolute Gasteiger partial charge is 0.345 e. The number of amides is 7. The summed E-state index contributed by atoms with van der Waals surface area (Å²) < 4.78 is 73.1. The molecule has 0 saturated carbocycles. The van der Waals surface area contributed by atoms with Crippen LogP contribution in [0, 0.1) is 11.6 Å². The molecule has 0 radical (unpaired) electrons. The number of nitrogens with zero attached hydrogens (tertiary/aromatic N) is 7. The first-order valence-electron chi connectivity index (χ1n) is 28.2. The van der Waals surface area contributed by atoms with Crippen LogP contribution in [-0.2, 0) is 41.7 Å². The summed E-state index contributed by atoms with van der Waals surface area (Å²) in [6.45, 7) is 3.74. The lowest BCUT2D eigenvalue weighted by Gasteiger charge is -2.26. The Kier molecular flexibility index (Phi) is 20.4. The quantitative estimate of drug-likeness (QED) is 0.0585. The van der Waals surface area contributed by atoms with Gasteiger partial charge in [0.25, 0.3) is 17.7 Å². The number of ether oxygens (including phenoxy) is 2. The van der Waals surface area contributed by atoms with Crippen molar-refractivity contribution in [2.45, 2.75) is 50.4 Å². The zero-order valence-electron chi connectivity index (χ0n) is 47.8. The van der Waals surface area contributed by atoms with E-state index in [4.69, 9.17) is 44.1 Å². The number of hydrogen-bond acceptors (Lipinski definition) is 15. The molecule has 4 aliphatic heterocycles. The van der Waals surface area contributed by atoms with E-state index in [1.54, 1.807) is 59.5 Å². The third-order valence-electron chi connectivity index (χ3n) is 15.0. The van der Waals surface area contributed by atoms with Crippen LogP contribution in [-0.4, -0.2) is 177 Å². The number of aromatic nitrogens is 4. The average molecular weight is 1330 g/mol. The number of carboxylic acids is 1. The van der Waals surface area contributed by atoms with Crippen LogP contribution in [0.25, 0.3) is 42.7 Å². The highest BCUT2D eigenvalue weighted by molar-refractivity contribution is 7.21. The van der Waals surface area contributed by atoms with Crippen LogP contribution in [0.3, 0.4) is 0 Å². The van der Waals surface area contributed by atoms with E-state index >= 15 is 8.78 Å². The zero-order chi connectivity index (χ0) is 64.8. The van der Waals surface area contributed by atoms with Crippen molar-refractivity contribution in [1.29, 1.82) is 0 Å². The molecule has 0 bridgehead atoms. The van der Waals surface area contributed by atoms with Crippen LogP contribution in [0.1, 0.15) is 53.2 Å². The van der Waals surface area contributed by atoms with Gasteiger partial charge in [0.1, 0.15) is 42.4 Å². The van der Waals surface area contributed by atoms with Gasteiger partial charge in [-0.05, 0) is 36.4 Å². The van der Waals surface area contributed by atoms with Gasteiger partial charge in [0.15, 0.2) is 23.0 Å². The van der Waals surface area contributed by atoms with Crippen LogP contribution in [0.5, 0.6) is 0 Å². The summed E-state index contributed by atoms with van der Waals surface area (Å²) in [5, 5.41) is 26.3. The molecule has 4 aromatic carbocycles. The number of carboxylic acid groups (broad SMARTS) is 1. The lowest BCUT2D eigenvalue weighted by molar-refractivity contribution is -0.137. The minimum atomic E-state index is -1.52. The molecule has 8 N–H and O–H groups in total. The molecule has 12 rings (SSSR count). The van der Waals surface area contributed by atoms with Gasteiger partial charge in [-0.2, -0.15) is 10.2 Å². The molecule has 91 heavy (non-hydrogen) atoms. The molecule has 476 valence electrons. The second-order valence-electron chi connectivity index (χ2n) is 21.0. The first kappa shape index (κ1) is 65.1. The monoisotopic (exact) mass is 1330 g/mol. The van der Waals surface area contributed by atoms with Gasteiger partial charge < -0.3 is 56.7 Å². The maximum absolute atomic E-state index is 15.5.